The van der Waals surface area contributed by atoms with Gasteiger partial charge in [-0.2, -0.15) is 0 Å². The van der Waals surface area contributed by atoms with Crippen LogP contribution in [0.1, 0.15) is 49.8 Å². The van der Waals surface area contributed by atoms with E-state index in [2.05, 4.69) is 36.5 Å². The van der Waals surface area contributed by atoms with Crippen LogP contribution in [0, 0.1) is 12.3 Å². The Morgan fingerprint density at radius 3 is 2.47 bits per heavy atom. The first kappa shape index (κ1) is 14.1. The molecule has 1 aromatic rings. The number of benzene rings is 1. The van der Waals surface area contributed by atoms with Crippen molar-refractivity contribution in [3.8, 4) is 0 Å². The molecule has 19 heavy (non-hydrogen) atoms. The summed E-state index contributed by atoms with van der Waals surface area (Å²) in [6.45, 7) is 4.71. The summed E-state index contributed by atoms with van der Waals surface area (Å²) in [5.41, 5.74) is 8.26. The number of carbonyl (C=O) groups is 1. The lowest BCUT2D eigenvalue weighted by atomic mass is 9.66. The van der Waals surface area contributed by atoms with Crippen LogP contribution in [0.5, 0.6) is 0 Å². The van der Waals surface area contributed by atoms with E-state index in [4.69, 9.17) is 5.73 Å². The summed E-state index contributed by atoms with van der Waals surface area (Å²) in [4.78, 5) is 12.1. The van der Waals surface area contributed by atoms with Gasteiger partial charge < -0.3 is 11.1 Å². The van der Waals surface area contributed by atoms with Crippen LogP contribution in [0.25, 0.3) is 0 Å². The summed E-state index contributed by atoms with van der Waals surface area (Å²) in [7, 11) is 0. The number of amides is 1. The minimum Gasteiger partial charge on any atom is -0.350 e. The van der Waals surface area contributed by atoms with Gasteiger partial charge in [-0.15, -0.1) is 0 Å². The fraction of sp³-hybridized carbons (Fsp3) is 0.562. The van der Waals surface area contributed by atoms with Gasteiger partial charge in [0.2, 0.25) is 5.91 Å². The monoisotopic (exact) mass is 260 g/mol. The van der Waals surface area contributed by atoms with E-state index in [-0.39, 0.29) is 17.4 Å². The Morgan fingerprint density at radius 1 is 1.37 bits per heavy atom. The molecule has 0 aromatic heterocycles. The lowest BCUT2D eigenvalue weighted by Gasteiger charge is -2.40. The first-order valence-corrected chi connectivity index (χ1v) is 7.11. The fourth-order valence-electron chi connectivity index (χ4n) is 2.70. The van der Waals surface area contributed by atoms with E-state index in [1.54, 1.807) is 0 Å². The van der Waals surface area contributed by atoms with E-state index in [0.29, 0.717) is 13.0 Å². The predicted octanol–water partition coefficient (Wildman–Crippen LogP) is 2.69. The van der Waals surface area contributed by atoms with Crippen LogP contribution >= 0.6 is 0 Å². The maximum Gasteiger partial charge on any atom is 0.221 e. The van der Waals surface area contributed by atoms with Gasteiger partial charge in [0.05, 0.1) is 6.04 Å². The highest BCUT2D eigenvalue weighted by Gasteiger charge is 2.37. The van der Waals surface area contributed by atoms with Gasteiger partial charge in [0, 0.05) is 6.42 Å². The molecule has 0 saturated heterocycles. The Balaban J connectivity index is 1.89. The molecule has 0 spiro atoms. The fourth-order valence-corrected chi connectivity index (χ4v) is 2.70. The van der Waals surface area contributed by atoms with E-state index in [9.17, 15) is 4.79 Å². The number of carbonyl (C=O) groups excluding carboxylic acids is 1. The van der Waals surface area contributed by atoms with Gasteiger partial charge in [-0.25, -0.2) is 0 Å². The second kappa shape index (κ2) is 5.74. The van der Waals surface area contributed by atoms with Crippen molar-refractivity contribution in [2.75, 3.05) is 6.54 Å². The van der Waals surface area contributed by atoms with E-state index in [1.807, 2.05) is 6.92 Å². The molecule has 0 bridgehead atoms. The molecule has 3 heteroatoms. The third-order valence-corrected chi connectivity index (χ3v) is 4.34. The molecule has 104 valence electrons. The number of hydrogen-bond acceptors (Lipinski definition) is 2. The van der Waals surface area contributed by atoms with Gasteiger partial charge in [-0.05, 0) is 44.2 Å². The summed E-state index contributed by atoms with van der Waals surface area (Å²) in [5.74, 6) is 0.123. The molecule has 1 atom stereocenters. The summed E-state index contributed by atoms with van der Waals surface area (Å²) in [5, 5.41) is 3.08. The van der Waals surface area contributed by atoms with E-state index >= 15 is 0 Å². The molecule has 1 amide bonds. The van der Waals surface area contributed by atoms with E-state index in [1.165, 1.54) is 12.0 Å². The molecular weight excluding hydrogens is 236 g/mol. The van der Waals surface area contributed by atoms with Crippen LogP contribution in [0.4, 0.5) is 0 Å². The molecule has 3 N–H and O–H groups in total. The number of nitrogens with one attached hydrogen (secondary N) is 1. The maximum atomic E-state index is 12.1. The molecule has 0 aliphatic heterocycles. The molecule has 1 aromatic carbocycles. The zero-order valence-electron chi connectivity index (χ0n) is 11.9. The first-order valence-electron chi connectivity index (χ1n) is 7.11. The van der Waals surface area contributed by atoms with E-state index < -0.39 is 0 Å². The third-order valence-electron chi connectivity index (χ3n) is 4.34. The van der Waals surface area contributed by atoms with Crippen molar-refractivity contribution in [2.45, 2.75) is 45.6 Å². The van der Waals surface area contributed by atoms with Gasteiger partial charge in [0.1, 0.15) is 0 Å². The van der Waals surface area contributed by atoms with Crippen LogP contribution in [0.2, 0.25) is 0 Å². The quantitative estimate of drug-likeness (QED) is 0.855. The number of aryl methyl sites for hydroxylation is 1. The van der Waals surface area contributed by atoms with Crippen molar-refractivity contribution in [3.05, 3.63) is 35.4 Å². The van der Waals surface area contributed by atoms with Gasteiger partial charge in [-0.1, -0.05) is 36.2 Å². The van der Waals surface area contributed by atoms with Crippen molar-refractivity contribution < 1.29 is 4.79 Å². The summed E-state index contributed by atoms with van der Waals surface area (Å²) >= 11 is 0. The lowest BCUT2D eigenvalue weighted by molar-refractivity contribution is -0.125. The molecule has 1 aliphatic rings. The Hall–Kier alpha value is -1.35. The molecular formula is C16H24N2O. The molecule has 0 heterocycles. The first-order chi connectivity index (χ1) is 9.04. The van der Waals surface area contributed by atoms with Gasteiger partial charge in [0.25, 0.3) is 0 Å². The van der Waals surface area contributed by atoms with Crippen molar-refractivity contribution in [2.24, 2.45) is 11.1 Å². The van der Waals surface area contributed by atoms with Crippen LogP contribution in [-0.4, -0.2) is 12.5 Å². The minimum atomic E-state index is 0.0583. The highest BCUT2D eigenvalue weighted by molar-refractivity contribution is 5.77. The molecule has 1 fully saturated rings. The Bertz CT molecular complexity index is 429. The Labute approximate surface area is 115 Å². The zero-order chi connectivity index (χ0) is 13.9. The van der Waals surface area contributed by atoms with Crippen LogP contribution in [0.15, 0.2) is 24.3 Å². The molecule has 2 rings (SSSR count). The maximum absolute atomic E-state index is 12.1. The topological polar surface area (TPSA) is 55.1 Å². The van der Waals surface area contributed by atoms with Crippen LogP contribution in [-0.2, 0) is 4.79 Å². The lowest BCUT2D eigenvalue weighted by Crippen LogP contribution is -2.42. The molecule has 1 aliphatic carbocycles. The molecule has 0 radical (unpaired) electrons. The van der Waals surface area contributed by atoms with Crippen molar-refractivity contribution >= 4 is 5.91 Å². The van der Waals surface area contributed by atoms with Gasteiger partial charge in [0.15, 0.2) is 0 Å². The van der Waals surface area contributed by atoms with Gasteiger partial charge in [-0.3, -0.25) is 4.79 Å². The summed E-state index contributed by atoms with van der Waals surface area (Å²) < 4.78 is 0. The van der Waals surface area contributed by atoms with Crippen molar-refractivity contribution in [1.29, 1.82) is 0 Å². The minimum absolute atomic E-state index is 0.0583. The standard InChI is InChI=1S/C16H24N2O/c1-12-4-6-14(7-5-12)13(2)18-15(19)10-16(11-17)8-3-9-16/h4-7,13H,3,8-11,17H2,1-2H3,(H,18,19). The van der Waals surface area contributed by atoms with Crippen molar-refractivity contribution in [1.82, 2.24) is 5.32 Å². The third kappa shape index (κ3) is 3.35. The van der Waals surface area contributed by atoms with Crippen LogP contribution in [0.3, 0.4) is 0 Å². The summed E-state index contributed by atoms with van der Waals surface area (Å²) in [6.07, 6.45) is 3.96. The van der Waals surface area contributed by atoms with Crippen molar-refractivity contribution in [3.63, 3.8) is 0 Å². The van der Waals surface area contributed by atoms with Crippen LogP contribution < -0.4 is 11.1 Å². The SMILES string of the molecule is Cc1ccc(C(C)NC(=O)CC2(CN)CCC2)cc1. The predicted molar refractivity (Wildman–Crippen MR) is 77.7 cm³/mol. The molecule has 1 unspecified atom stereocenters. The number of nitrogens with two attached hydrogens (primary N) is 1. The normalized spacial score (nSPS) is 18.5. The largest absolute Gasteiger partial charge is 0.350 e. The number of rotatable bonds is 5. The second-order valence-electron chi connectivity index (χ2n) is 5.93. The smallest absolute Gasteiger partial charge is 0.221 e. The molecule has 3 nitrogen and oxygen atoms in total. The Kier molecular flexibility index (Phi) is 4.25. The highest BCUT2D eigenvalue weighted by atomic mass is 16.1. The van der Waals surface area contributed by atoms with Gasteiger partial charge >= 0.3 is 0 Å². The van der Waals surface area contributed by atoms with E-state index in [0.717, 1.165) is 18.4 Å². The average molecular weight is 260 g/mol. The molecule has 1 saturated carbocycles. The zero-order valence-corrected chi connectivity index (χ0v) is 11.9. The highest BCUT2D eigenvalue weighted by Crippen LogP contribution is 2.42. The second-order valence-corrected chi connectivity index (χ2v) is 5.93. The summed E-state index contributed by atoms with van der Waals surface area (Å²) in [6, 6.07) is 8.35. The number of hydrogen-bond donors (Lipinski definition) is 2. The average Bonchev–Trinajstić information content (AvgIpc) is 2.34. The Morgan fingerprint density at radius 2 is 2.00 bits per heavy atom.